The molecule has 0 radical (unpaired) electrons. The lowest BCUT2D eigenvalue weighted by atomic mass is 10.4. The number of carbonyl (C=O) groups excluding carboxylic acids is 1. The van der Waals surface area contributed by atoms with Crippen LogP contribution < -0.4 is 5.32 Å². The summed E-state index contributed by atoms with van der Waals surface area (Å²) in [5.41, 5.74) is 0. The summed E-state index contributed by atoms with van der Waals surface area (Å²) >= 11 is 2.98. The number of rotatable bonds is 3. The minimum atomic E-state index is 0.182. The maximum atomic E-state index is 11.6. The first kappa shape index (κ1) is 9.73. The molecule has 74 valence electrons. The molecule has 0 aliphatic carbocycles. The minimum Gasteiger partial charge on any atom is -0.363 e. The smallest absolute Gasteiger partial charge is 0.183 e. The van der Waals surface area contributed by atoms with Crippen molar-refractivity contribution in [2.75, 3.05) is 18.8 Å². The van der Waals surface area contributed by atoms with Crippen molar-refractivity contribution < 1.29 is 4.79 Å². The first-order chi connectivity index (χ1) is 6.86. The van der Waals surface area contributed by atoms with E-state index in [4.69, 9.17) is 0 Å². The Morgan fingerprint density at radius 1 is 1.71 bits per heavy atom. The maximum Gasteiger partial charge on any atom is 0.183 e. The van der Waals surface area contributed by atoms with Gasteiger partial charge in [-0.05, 0) is 11.4 Å². The molecule has 5 heteroatoms. The first-order valence-corrected chi connectivity index (χ1v) is 6.20. The molecule has 3 nitrogen and oxygen atoms in total. The summed E-state index contributed by atoms with van der Waals surface area (Å²) in [5.74, 6) is 0.660. The van der Waals surface area contributed by atoms with Crippen molar-refractivity contribution in [1.29, 1.82) is 0 Å². The zero-order valence-electron chi connectivity index (χ0n) is 7.53. The molecule has 14 heavy (non-hydrogen) atoms. The SMILES string of the molecule is O=C(CSC1=NCCN1)c1cccs1. The number of Topliss-reactive ketones (excluding diaryl/α,β-unsaturated/α-hetero) is 1. The van der Waals surface area contributed by atoms with E-state index in [9.17, 15) is 4.79 Å². The fraction of sp³-hybridized carbons (Fsp3) is 0.333. The Bertz CT molecular complexity index is 346. The molecule has 1 aromatic heterocycles. The van der Waals surface area contributed by atoms with Crippen molar-refractivity contribution in [2.45, 2.75) is 0 Å². The zero-order valence-corrected chi connectivity index (χ0v) is 9.16. The highest BCUT2D eigenvalue weighted by Crippen LogP contribution is 2.13. The number of amidine groups is 1. The predicted octanol–water partition coefficient (Wildman–Crippen LogP) is 1.62. The van der Waals surface area contributed by atoms with E-state index >= 15 is 0 Å². The van der Waals surface area contributed by atoms with Crippen molar-refractivity contribution in [2.24, 2.45) is 4.99 Å². The van der Waals surface area contributed by atoms with Crippen LogP contribution in [0.1, 0.15) is 9.67 Å². The van der Waals surface area contributed by atoms with Crippen LogP contribution in [0.5, 0.6) is 0 Å². The Morgan fingerprint density at radius 3 is 3.29 bits per heavy atom. The van der Waals surface area contributed by atoms with Crippen molar-refractivity contribution >= 4 is 34.0 Å². The molecule has 2 rings (SSSR count). The zero-order chi connectivity index (χ0) is 9.80. The van der Waals surface area contributed by atoms with Crippen molar-refractivity contribution in [3.05, 3.63) is 22.4 Å². The normalized spacial score (nSPS) is 15.0. The second kappa shape index (κ2) is 4.61. The van der Waals surface area contributed by atoms with Crippen LogP contribution in [0.15, 0.2) is 22.5 Å². The Balaban J connectivity index is 1.83. The second-order valence-electron chi connectivity index (χ2n) is 2.80. The van der Waals surface area contributed by atoms with Gasteiger partial charge < -0.3 is 5.32 Å². The first-order valence-electron chi connectivity index (χ1n) is 4.34. The van der Waals surface area contributed by atoms with Crippen LogP contribution in [-0.4, -0.2) is 29.8 Å². The average molecular weight is 226 g/mol. The lowest BCUT2D eigenvalue weighted by molar-refractivity contribution is 0.102. The largest absolute Gasteiger partial charge is 0.363 e. The van der Waals surface area contributed by atoms with E-state index in [0.29, 0.717) is 5.75 Å². The molecule has 2 heterocycles. The van der Waals surface area contributed by atoms with Crippen LogP contribution in [0.25, 0.3) is 0 Å². The summed E-state index contributed by atoms with van der Waals surface area (Å²) in [6.07, 6.45) is 0. The molecule has 1 aromatic rings. The van der Waals surface area contributed by atoms with Gasteiger partial charge in [-0.15, -0.1) is 11.3 Å². The van der Waals surface area contributed by atoms with Gasteiger partial charge in [-0.3, -0.25) is 9.79 Å². The molecule has 0 unspecified atom stereocenters. The number of nitrogens with one attached hydrogen (secondary N) is 1. The number of carbonyl (C=O) groups is 1. The molecule has 0 saturated heterocycles. The summed E-state index contributed by atoms with van der Waals surface area (Å²) in [5, 5.41) is 5.94. The fourth-order valence-electron chi connectivity index (χ4n) is 1.12. The van der Waals surface area contributed by atoms with Gasteiger partial charge in [0, 0.05) is 6.54 Å². The molecule has 0 aromatic carbocycles. The highest BCUT2D eigenvalue weighted by molar-refractivity contribution is 8.14. The quantitative estimate of drug-likeness (QED) is 0.796. The van der Waals surface area contributed by atoms with E-state index in [1.54, 1.807) is 0 Å². The lowest BCUT2D eigenvalue weighted by Crippen LogP contribution is -2.16. The van der Waals surface area contributed by atoms with Crippen LogP contribution >= 0.6 is 23.1 Å². The summed E-state index contributed by atoms with van der Waals surface area (Å²) in [7, 11) is 0. The van der Waals surface area contributed by atoms with Crippen LogP contribution in [0, 0.1) is 0 Å². The Hall–Kier alpha value is -0.810. The fourth-order valence-corrected chi connectivity index (χ4v) is 2.68. The molecule has 0 atom stereocenters. The minimum absolute atomic E-state index is 0.182. The number of hydrogen-bond donors (Lipinski definition) is 1. The van der Waals surface area contributed by atoms with E-state index in [1.807, 2.05) is 17.5 Å². The van der Waals surface area contributed by atoms with Crippen LogP contribution in [0.3, 0.4) is 0 Å². The summed E-state index contributed by atoms with van der Waals surface area (Å²) < 4.78 is 0. The molecule has 1 N–H and O–H groups in total. The standard InChI is InChI=1S/C9H10N2OS2/c12-7(8-2-1-5-13-8)6-14-9-10-3-4-11-9/h1-2,5H,3-4,6H2,(H,10,11). The number of ketones is 1. The molecule has 0 bridgehead atoms. The van der Waals surface area contributed by atoms with Gasteiger partial charge in [0.25, 0.3) is 0 Å². The number of thioether (sulfide) groups is 1. The third-order valence-corrected chi connectivity index (χ3v) is 3.64. The van der Waals surface area contributed by atoms with Gasteiger partial charge in [-0.25, -0.2) is 0 Å². The van der Waals surface area contributed by atoms with E-state index in [-0.39, 0.29) is 5.78 Å². The molecule has 0 spiro atoms. The molecule has 1 aliphatic heterocycles. The Kier molecular flexibility index (Phi) is 3.21. The molecule has 0 fully saturated rings. The van der Waals surface area contributed by atoms with Crippen molar-refractivity contribution in [3.8, 4) is 0 Å². The lowest BCUT2D eigenvalue weighted by Gasteiger charge is -1.99. The van der Waals surface area contributed by atoms with Gasteiger partial charge in [-0.2, -0.15) is 0 Å². The molecule has 0 amide bonds. The van der Waals surface area contributed by atoms with Crippen molar-refractivity contribution in [3.63, 3.8) is 0 Å². The van der Waals surface area contributed by atoms with E-state index in [1.165, 1.54) is 23.1 Å². The van der Waals surface area contributed by atoms with Gasteiger partial charge in [0.2, 0.25) is 0 Å². The van der Waals surface area contributed by atoms with Gasteiger partial charge in [0.05, 0.1) is 17.2 Å². The van der Waals surface area contributed by atoms with Crippen molar-refractivity contribution in [1.82, 2.24) is 5.32 Å². The summed E-state index contributed by atoms with van der Waals surface area (Å²) in [4.78, 5) is 16.6. The molecule has 1 aliphatic rings. The van der Waals surface area contributed by atoms with Gasteiger partial charge in [0.15, 0.2) is 11.0 Å². The Morgan fingerprint density at radius 2 is 2.64 bits per heavy atom. The van der Waals surface area contributed by atoms with Gasteiger partial charge in [0.1, 0.15) is 0 Å². The topological polar surface area (TPSA) is 41.5 Å². The highest BCUT2D eigenvalue weighted by Gasteiger charge is 2.11. The average Bonchev–Trinajstić information content (AvgIpc) is 2.87. The number of aliphatic imine (C=N–C) groups is 1. The second-order valence-corrected chi connectivity index (χ2v) is 4.71. The maximum absolute atomic E-state index is 11.6. The van der Waals surface area contributed by atoms with E-state index < -0.39 is 0 Å². The number of hydrogen-bond acceptors (Lipinski definition) is 5. The van der Waals surface area contributed by atoms with E-state index in [0.717, 1.165) is 23.1 Å². The van der Waals surface area contributed by atoms with E-state index in [2.05, 4.69) is 10.3 Å². The molecular weight excluding hydrogens is 216 g/mol. The van der Waals surface area contributed by atoms with Gasteiger partial charge >= 0.3 is 0 Å². The van der Waals surface area contributed by atoms with Crippen LogP contribution in [-0.2, 0) is 0 Å². The summed E-state index contributed by atoms with van der Waals surface area (Å²) in [6, 6.07) is 3.76. The number of nitrogens with zero attached hydrogens (tertiary/aromatic N) is 1. The summed E-state index contributed by atoms with van der Waals surface area (Å²) in [6.45, 7) is 1.73. The van der Waals surface area contributed by atoms with Crippen LogP contribution in [0.4, 0.5) is 0 Å². The molecular formula is C9H10N2OS2. The third-order valence-electron chi connectivity index (χ3n) is 1.78. The highest BCUT2D eigenvalue weighted by atomic mass is 32.2. The van der Waals surface area contributed by atoms with Gasteiger partial charge in [-0.1, -0.05) is 17.8 Å². The Labute approximate surface area is 90.6 Å². The third kappa shape index (κ3) is 2.36. The van der Waals surface area contributed by atoms with Crippen LogP contribution in [0.2, 0.25) is 0 Å². The predicted molar refractivity (Wildman–Crippen MR) is 61.4 cm³/mol. The number of thiophene rings is 1. The molecule has 0 saturated carbocycles. The monoisotopic (exact) mass is 226 g/mol.